The summed E-state index contributed by atoms with van der Waals surface area (Å²) in [5.74, 6) is -0.177. The number of rotatable bonds is 9. The SMILES string of the molecule is CCOC(CCN(C)CCC(C)C)C(=O)O. The van der Waals surface area contributed by atoms with Gasteiger partial charge in [-0.25, -0.2) is 4.79 Å². The highest BCUT2D eigenvalue weighted by molar-refractivity contribution is 5.72. The van der Waals surface area contributed by atoms with E-state index in [0.29, 0.717) is 18.9 Å². The molecule has 0 heterocycles. The monoisotopic (exact) mass is 231 g/mol. The summed E-state index contributed by atoms with van der Waals surface area (Å²) in [4.78, 5) is 13.0. The summed E-state index contributed by atoms with van der Waals surface area (Å²) in [5, 5.41) is 8.89. The van der Waals surface area contributed by atoms with Crippen LogP contribution in [0.15, 0.2) is 0 Å². The molecule has 1 atom stereocenters. The van der Waals surface area contributed by atoms with Crippen LogP contribution in [-0.4, -0.2) is 48.8 Å². The molecule has 0 aliphatic carbocycles. The van der Waals surface area contributed by atoms with Crippen molar-refractivity contribution in [1.82, 2.24) is 4.90 Å². The van der Waals surface area contributed by atoms with Crippen molar-refractivity contribution in [2.75, 3.05) is 26.7 Å². The largest absolute Gasteiger partial charge is 0.479 e. The molecule has 0 aromatic carbocycles. The molecule has 0 rings (SSSR count). The molecule has 0 saturated carbocycles. The average molecular weight is 231 g/mol. The predicted octanol–water partition coefficient (Wildman–Crippen LogP) is 1.84. The Morgan fingerprint density at radius 1 is 1.31 bits per heavy atom. The van der Waals surface area contributed by atoms with Gasteiger partial charge in [-0.1, -0.05) is 13.8 Å². The van der Waals surface area contributed by atoms with Crippen LogP contribution < -0.4 is 0 Å². The second-order valence-electron chi connectivity index (χ2n) is 4.56. The number of hydrogen-bond donors (Lipinski definition) is 1. The zero-order valence-corrected chi connectivity index (χ0v) is 10.9. The van der Waals surface area contributed by atoms with E-state index in [1.54, 1.807) is 0 Å². The van der Waals surface area contributed by atoms with Crippen molar-refractivity contribution in [3.63, 3.8) is 0 Å². The minimum absolute atomic E-state index is 0.451. The lowest BCUT2D eigenvalue weighted by molar-refractivity contribution is -0.150. The second-order valence-corrected chi connectivity index (χ2v) is 4.56. The number of hydrogen-bond acceptors (Lipinski definition) is 3. The van der Waals surface area contributed by atoms with Gasteiger partial charge in [-0.05, 0) is 39.3 Å². The first-order chi connectivity index (χ1) is 7.47. The summed E-state index contributed by atoms with van der Waals surface area (Å²) >= 11 is 0. The summed E-state index contributed by atoms with van der Waals surface area (Å²) in [6.45, 7) is 8.42. The van der Waals surface area contributed by atoms with Gasteiger partial charge in [-0.15, -0.1) is 0 Å². The van der Waals surface area contributed by atoms with Gasteiger partial charge in [0.2, 0.25) is 0 Å². The third kappa shape index (κ3) is 7.65. The molecule has 0 radical (unpaired) electrons. The van der Waals surface area contributed by atoms with E-state index < -0.39 is 12.1 Å². The van der Waals surface area contributed by atoms with E-state index in [9.17, 15) is 4.79 Å². The molecule has 0 aromatic heterocycles. The lowest BCUT2D eigenvalue weighted by Gasteiger charge is -2.20. The van der Waals surface area contributed by atoms with Crippen LogP contribution >= 0.6 is 0 Å². The van der Waals surface area contributed by atoms with E-state index in [2.05, 4.69) is 18.7 Å². The Morgan fingerprint density at radius 3 is 2.31 bits per heavy atom. The van der Waals surface area contributed by atoms with Crippen LogP contribution in [0.2, 0.25) is 0 Å². The molecule has 0 fully saturated rings. The van der Waals surface area contributed by atoms with Gasteiger partial charge in [0.25, 0.3) is 0 Å². The smallest absolute Gasteiger partial charge is 0.332 e. The zero-order chi connectivity index (χ0) is 12.6. The van der Waals surface area contributed by atoms with Crippen molar-refractivity contribution in [1.29, 1.82) is 0 Å². The summed E-state index contributed by atoms with van der Waals surface area (Å²) < 4.78 is 5.15. The van der Waals surface area contributed by atoms with Gasteiger partial charge in [0.1, 0.15) is 0 Å². The maximum absolute atomic E-state index is 10.8. The molecule has 0 spiro atoms. The fourth-order valence-corrected chi connectivity index (χ4v) is 1.41. The lowest BCUT2D eigenvalue weighted by atomic mass is 10.1. The van der Waals surface area contributed by atoms with E-state index >= 15 is 0 Å². The lowest BCUT2D eigenvalue weighted by Crippen LogP contribution is -2.30. The van der Waals surface area contributed by atoms with E-state index in [0.717, 1.165) is 19.5 Å². The molecule has 4 heteroatoms. The maximum Gasteiger partial charge on any atom is 0.332 e. The van der Waals surface area contributed by atoms with Crippen molar-refractivity contribution in [2.24, 2.45) is 5.92 Å². The fraction of sp³-hybridized carbons (Fsp3) is 0.917. The first kappa shape index (κ1) is 15.4. The minimum atomic E-state index is -0.862. The normalized spacial score (nSPS) is 13.4. The molecular weight excluding hydrogens is 206 g/mol. The van der Waals surface area contributed by atoms with Gasteiger partial charge in [0, 0.05) is 13.2 Å². The number of nitrogens with zero attached hydrogens (tertiary/aromatic N) is 1. The quantitative estimate of drug-likeness (QED) is 0.658. The highest BCUT2D eigenvalue weighted by atomic mass is 16.5. The molecule has 0 saturated heterocycles. The molecule has 96 valence electrons. The highest BCUT2D eigenvalue weighted by Gasteiger charge is 2.17. The van der Waals surface area contributed by atoms with Crippen LogP contribution in [0.4, 0.5) is 0 Å². The van der Waals surface area contributed by atoms with Gasteiger partial charge < -0.3 is 14.7 Å². The van der Waals surface area contributed by atoms with Crippen LogP contribution in [0.5, 0.6) is 0 Å². The summed E-state index contributed by atoms with van der Waals surface area (Å²) in [6.07, 6.45) is 1.03. The third-order valence-electron chi connectivity index (χ3n) is 2.50. The number of carboxylic acids is 1. The van der Waals surface area contributed by atoms with E-state index in [-0.39, 0.29) is 0 Å². The predicted molar refractivity (Wildman–Crippen MR) is 64.6 cm³/mol. The molecule has 0 bridgehead atoms. The van der Waals surface area contributed by atoms with Gasteiger partial charge in [-0.2, -0.15) is 0 Å². The molecule has 0 aliphatic rings. The van der Waals surface area contributed by atoms with Crippen molar-refractivity contribution >= 4 is 5.97 Å². The number of aliphatic carboxylic acids is 1. The number of ether oxygens (including phenoxy) is 1. The maximum atomic E-state index is 10.8. The minimum Gasteiger partial charge on any atom is -0.479 e. The summed E-state index contributed by atoms with van der Waals surface area (Å²) in [7, 11) is 2.02. The number of carbonyl (C=O) groups is 1. The van der Waals surface area contributed by atoms with Crippen molar-refractivity contribution in [3.8, 4) is 0 Å². The van der Waals surface area contributed by atoms with Crippen molar-refractivity contribution in [2.45, 2.75) is 39.7 Å². The molecule has 4 nitrogen and oxygen atoms in total. The van der Waals surface area contributed by atoms with Gasteiger partial charge in [0.05, 0.1) is 0 Å². The molecular formula is C12H25NO3. The molecule has 1 unspecified atom stereocenters. The van der Waals surface area contributed by atoms with Gasteiger partial charge in [-0.3, -0.25) is 0 Å². The van der Waals surface area contributed by atoms with Crippen LogP contribution in [-0.2, 0) is 9.53 Å². The molecule has 0 aromatic rings. The van der Waals surface area contributed by atoms with Crippen LogP contribution in [0.25, 0.3) is 0 Å². The summed E-state index contributed by atoms with van der Waals surface area (Å²) in [5.41, 5.74) is 0. The third-order valence-corrected chi connectivity index (χ3v) is 2.50. The van der Waals surface area contributed by atoms with Crippen LogP contribution in [0, 0.1) is 5.92 Å². The van der Waals surface area contributed by atoms with Crippen LogP contribution in [0.1, 0.15) is 33.6 Å². The molecule has 0 amide bonds. The highest BCUT2D eigenvalue weighted by Crippen LogP contribution is 2.04. The van der Waals surface area contributed by atoms with E-state index in [4.69, 9.17) is 9.84 Å². The zero-order valence-electron chi connectivity index (χ0n) is 10.9. The Balaban J connectivity index is 3.77. The second kappa shape index (κ2) is 8.53. The fourth-order valence-electron chi connectivity index (χ4n) is 1.41. The Hall–Kier alpha value is -0.610. The average Bonchev–Trinajstić information content (AvgIpc) is 2.20. The van der Waals surface area contributed by atoms with E-state index in [1.807, 2.05) is 14.0 Å². The first-order valence-electron chi connectivity index (χ1n) is 6.00. The van der Waals surface area contributed by atoms with Crippen molar-refractivity contribution in [3.05, 3.63) is 0 Å². The Kier molecular flexibility index (Phi) is 8.21. The van der Waals surface area contributed by atoms with Gasteiger partial charge >= 0.3 is 5.97 Å². The van der Waals surface area contributed by atoms with Crippen LogP contribution in [0.3, 0.4) is 0 Å². The van der Waals surface area contributed by atoms with Gasteiger partial charge in [0.15, 0.2) is 6.10 Å². The van der Waals surface area contributed by atoms with Crippen molar-refractivity contribution < 1.29 is 14.6 Å². The molecule has 0 aliphatic heterocycles. The van der Waals surface area contributed by atoms with E-state index in [1.165, 1.54) is 0 Å². The standard InChI is InChI=1S/C12H25NO3/c1-5-16-11(12(14)15)7-9-13(4)8-6-10(2)3/h10-11H,5-9H2,1-4H3,(H,14,15). The Labute approximate surface area is 98.6 Å². The number of carboxylic acid groups (broad SMARTS) is 1. The molecule has 16 heavy (non-hydrogen) atoms. The Morgan fingerprint density at radius 2 is 1.88 bits per heavy atom. The Bertz CT molecular complexity index is 195. The molecule has 1 N–H and O–H groups in total. The topological polar surface area (TPSA) is 49.8 Å². The first-order valence-corrected chi connectivity index (χ1v) is 6.00. The summed E-state index contributed by atoms with van der Waals surface area (Å²) in [6, 6.07) is 0.